The third kappa shape index (κ3) is 4.52. The van der Waals surface area contributed by atoms with Crippen molar-refractivity contribution in [2.45, 2.75) is 0 Å². The summed E-state index contributed by atoms with van der Waals surface area (Å²) in [5.74, 6) is -0.634. The number of sulfonamides is 1. The van der Waals surface area contributed by atoms with Crippen LogP contribution in [0.1, 0.15) is 20.7 Å². The number of halogens is 1. The first-order chi connectivity index (χ1) is 14.8. The van der Waals surface area contributed by atoms with Crippen LogP contribution in [0.25, 0.3) is 0 Å². The summed E-state index contributed by atoms with van der Waals surface area (Å²) < 4.78 is 24.7. The van der Waals surface area contributed by atoms with Crippen LogP contribution in [0.2, 0.25) is 5.02 Å². The van der Waals surface area contributed by atoms with Crippen molar-refractivity contribution in [3.63, 3.8) is 0 Å². The molecule has 2 aromatic carbocycles. The topological polar surface area (TPSA) is 108 Å². The Hall–Kier alpha value is -3.43. The largest absolute Gasteiger partial charge is 0.322 e. The molecule has 0 spiro atoms. The molecule has 0 bridgehead atoms. The number of rotatable bonds is 5. The number of benzene rings is 2. The standard InChI is InChI=1S/C21H17ClN4O4S/c22-18-8-5-16(12-19(18)25-21(28)15-2-1-9-23-13-15)24-20(27)14-3-6-17(7-4-14)26-10-11-31(26,29)30/h1-9,12-13H,10-11H2,(H,24,27)(H,25,28). The van der Waals surface area contributed by atoms with Gasteiger partial charge in [0.1, 0.15) is 0 Å². The third-order valence-corrected chi connectivity index (χ3v) is 6.79. The van der Waals surface area contributed by atoms with Gasteiger partial charge in [-0.15, -0.1) is 0 Å². The monoisotopic (exact) mass is 456 g/mol. The lowest BCUT2D eigenvalue weighted by Gasteiger charge is -2.32. The second kappa shape index (κ2) is 8.37. The number of hydrogen-bond acceptors (Lipinski definition) is 5. The number of amides is 2. The first kappa shape index (κ1) is 20.8. The molecule has 1 aromatic heterocycles. The van der Waals surface area contributed by atoms with E-state index in [1.165, 1.54) is 10.5 Å². The summed E-state index contributed by atoms with van der Waals surface area (Å²) in [6.07, 6.45) is 3.00. The van der Waals surface area contributed by atoms with Gasteiger partial charge in [-0.2, -0.15) is 0 Å². The summed E-state index contributed by atoms with van der Waals surface area (Å²) >= 11 is 6.17. The van der Waals surface area contributed by atoms with Crippen molar-refractivity contribution in [1.29, 1.82) is 0 Å². The van der Waals surface area contributed by atoms with E-state index in [2.05, 4.69) is 15.6 Å². The van der Waals surface area contributed by atoms with E-state index in [0.29, 0.717) is 39.8 Å². The third-order valence-electron chi connectivity index (χ3n) is 4.70. The summed E-state index contributed by atoms with van der Waals surface area (Å²) in [7, 11) is -3.21. The maximum absolute atomic E-state index is 12.6. The SMILES string of the molecule is O=C(Nc1ccc(Cl)c(NC(=O)c2cccnc2)c1)c1ccc(N2CCS2(=O)=O)cc1. The van der Waals surface area contributed by atoms with Crippen molar-refractivity contribution in [2.75, 3.05) is 27.2 Å². The fourth-order valence-electron chi connectivity index (χ4n) is 2.99. The molecule has 0 radical (unpaired) electrons. The molecule has 0 unspecified atom stereocenters. The molecular weight excluding hydrogens is 440 g/mol. The van der Waals surface area contributed by atoms with Crippen molar-refractivity contribution < 1.29 is 18.0 Å². The van der Waals surface area contributed by atoms with Crippen molar-refractivity contribution in [3.8, 4) is 0 Å². The van der Waals surface area contributed by atoms with Gasteiger partial charge in [-0.25, -0.2) is 8.42 Å². The number of hydrogen-bond donors (Lipinski definition) is 2. The highest BCUT2D eigenvalue weighted by molar-refractivity contribution is 7.94. The van der Waals surface area contributed by atoms with E-state index >= 15 is 0 Å². The lowest BCUT2D eigenvalue weighted by molar-refractivity contribution is 0.101. The maximum atomic E-state index is 12.6. The van der Waals surface area contributed by atoms with E-state index in [-0.39, 0.29) is 17.6 Å². The van der Waals surface area contributed by atoms with E-state index < -0.39 is 10.0 Å². The summed E-state index contributed by atoms with van der Waals surface area (Å²) in [5, 5.41) is 5.75. The van der Waals surface area contributed by atoms with Crippen LogP contribution >= 0.6 is 11.6 Å². The van der Waals surface area contributed by atoms with Gasteiger partial charge in [-0.3, -0.25) is 18.9 Å². The minimum Gasteiger partial charge on any atom is -0.322 e. The van der Waals surface area contributed by atoms with E-state index in [1.54, 1.807) is 60.8 Å². The predicted octanol–water partition coefficient (Wildman–Crippen LogP) is 3.39. The molecule has 158 valence electrons. The molecule has 2 heterocycles. The first-order valence-electron chi connectivity index (χ1n) is 9.26. The van der Waals surface area contributed by atoms with Crippen LogP contribution in [-0.4, -0.2) is 37.5 Å². The molecule has 2 N–H and O–H groups in total. The van der Waals surface area contributed by atoms with Crippen molar-refractivity contribution >= 4 is 50.5 Å². The van der Waals surface area contributed by atoms with Crippen LogP contribution in [-0.2, 0) is 10.0 Å². The fourth-order valence-corrected chi connectivity index (χ4v) is 4.27. The molecule has 1 saturated heterocycles. The average molecular weight is 457 g/mol. The minimum absolute atomic E-state index is 0.130. The van der Waals surface area contributed by atoms with E-state index in [9.17, 15) is 18.0 Å². The van der Waals surface area contributed by atoms with Gasteiger partial charge in [0.2, 0.25) is 10.0 Å². The lowest BCUT2D eigenvalue weighted by Crippen LogP contribution is -2.47. The second-order valence-electron chi connectivity index (χ2n) is 6.78. The van der Waals surface area contributed by atoms with Crippen molar-refractivity contribution in [3.05, 3.63) is 83.1 Å². The molecule has 10 heteroatoms. The molecule has 2 amide bonds. The quantitative estimate of drug-likeness (QED) is 0.611. The highest BCUT2D eigenvalue weighted by Gasteiger charge is 2.32. The molecule has 1 fully saturated rings. The zero-order chi connectivity index (χ0) is 22.0. The van der Waals surface area contributed by atoms with Gasteiger partial charge in [0.25, 0.3) is 11.8 Å². The highest BCUT2D eigenvalue weighted by Crippen LogP contribution is 2.27. The minimum atomic E-state index is -3.21. The molecule has 31 heavy (non-hydrogen) atoms. The smallest absolute Gasteiger partial charge is 0.257 e. The van der Waals surface area contributed by atoms with Gasteiger partial charge in [-0.05, 0) is 54.6 Å². The van der Waals surface area contributed by atoms with Gasteiger partial charge < -0.3 is 10.6 Å². The zero-order valence-corrected chi connectivity index (χ0v) is 17.7. The fraction of sp³-hybridized carbons (Fsp3) is 0.0952. The van der Waals surface area contributed by atoms with Gasteiger partial charge in [0.05, 0.1) is 27.7 Å². The van der Waals surface area contributed by atoms with Crippen LogP contribution in [0.3, 0.4) is 0 Å². The van der Waals surface area contributed by atoms with Crippen LogP contribution < -0.4 is 14.9 Å². The number of nitrogens with one attached hydrogen (secondary N) is 2. The number of carbonyl (C=O) groups excluding carboxylic acids is 2. The number of anilines is 3. The Kier molecular flexibility index (Phi) is 5.62. The van der Waals surface area contributed by atoms with Gasteiger partial charge in [-0.1, -0.05) is 11.6 Å². The number of pyridine rings is 1. The van der Waals surface area contributed by atoms with Gasteiger partial charge in [0, 0.05) is 30.2 Å². The summed E-state index contributed by atoms with van der Waals surface area (Å²) in [6, 6.07) is 14.3. The Bertz CT molecular complexity index is 1250. The Labute approximate surface area is 183 Å². The normalized spacial score (nSPS) is 14.4. The van der Waals surface area contributed by atoms with Gasteiger partial charge >= 0.3 is 0 Å². The van der Waals surface area contributed by atoms with Crippen molar-refractivity contribution in [2.24, 2.45) is 0 Å². The maximum Gasteiger partial charge on any atom is 0.257 e. The summed E-state index contributed by atoms with van der Waals surface area (Å²) in [6.45, 7) is 0.437. The Morgan fingerprint density at radius 2 is 1.71 bits per heavy atom. The number of aromatic nitrogens is 1. The molecule has 8 nitrogen and oxygen atoms in total. The van der Waals surface area contributed by atoms with Gasteiger partial charge in [0.15, 0.2) is 0 Å². The number of carbonyl (C=O) groups is 2. The van der Waals surface area contributed by atoms with Crippen molar-refractivity contribution in [1.82, 2.24) is 4.98 Å². The molecule has 0 saturated carbocycles. The Balaban J connectivity index is 1.46. The predicted molar refractivity (Wildman–Crippen MR) is 119 cm³/mol. The zero-order valence-electron chi connectivity index (χ0n) is 16.1. The van der Waals surface area contributed by atoms with Crippen LogP contribution in [0.15, 0.2) is 67.0 Å². The molecule has 0 aliphatic carbocycles. The number of nitrogens with zero attached hydrogens (tertiary/aromatic N) is 2. The second-order valence-corrected chi connectivity index (χ2v) is 9.20. The first-order valence-corrected chi connectivity index (χ1v) is 11.2. The van der Waals surface area contributed by atoms with Crippen LogP contribution in [0.4, 0.5) is 17.1 Å². The Morgan fingerprint density at radius 1 is 0.968 bits per heavy atom. The molecule has 4 rings (SSSR count). The molecular formula is C21H17ClN4O4S. The molecule has 0 atom stereocenters. The molecule has 1 aliphatic heterocycles. The average Bonchev–Trinajstić information content (AvgIpc) is 2.76. The van der Waals surface area contributed by atoms with E-state index in [4.69, 9.17) is 11.6 Å². The summed E-state index contributed by atoms with van der Waals surface area (Å²) in [4.78, 5) is 28.8. The molecule has 3 aromatic rings. The highest BCUT2D eigenvalue weighted by atomic mass is 35.5. The lowest BCUT2D eigenvalue weighted by atomic mass is 10.2. The van der Waals surface area contributed by atoms with E-state index in [0.717, 1.165) is 0 Å². The Morgan fingerprint density at radius 3 is 2.32 bits per heavy atom. The van der Waals surface area contributed by atoms with Crippen LogP contribution in [0, 0.1) is 0 Å². The molecule has 1 aliphatic rings. The van der Waals surface area contributed by atoms with Crippen LogP contribution in [0.5, 0.6) is 0 Å². The van der Waals surface area contributed by atoms with E-state index in [1.807, 2.05) is 0 Å². The summed E-state index contributed by atoms with van der Waals surface area (Å²) in [5.41, 5.74) is 2.03.